The van der Waals surface area contributed by atoms with Crippen LogP contribution in [0.25, 0.3) is 0 Å². The third-order valence-electron chi connectivity index (χ3n) is 2.85. The molecule has 3 heteroatoms. The molecule has 0 aromatic rings. The van der Waals surface area contributed by atoms with E-state index in [1.165, 1.54) is 5.57 Å². The smallest absolute Gasteiger partial charge is 0.333 e. The van der Waals surface area contributed by atoms with Gasteiger partial charge in [0.25, 0.3) is 0 Å². The Kier molecular flexibility index (Phi) is 3.69. The molecule has 0 radical (unpaired) electrons. The molecular formula is C11H19NO2. The summed E-state index contributed by atoms with van der Waals surface area (Å²) in [6, 6.07) is 0.536. The number of rotatable bonds is 2. The van der Waals surface area contributed by atoms with Crippen molar-refractivity contribution in [1.82, 2.24) is 4.90 Å². The number of ether oxygens (including phenoxy) is 1. The van der Waals surface area contributed by atoms with E-state index >= 15 is 0 Å². The minimum Gasteiger partial charge on any atom is -0.463 e. The number of hydrogen-bond donors (Lipinski definition) is 0. The summed E-state index contributed by atoms with van der Waals surface area (Å²) in [5.41, 5.74) is 2.02. The fourth-order valence-electron chi connectivity index (χ4n) is 1.69. The molecule has 1 aliphatic rings. The van der Waals surface area contributed by atoms with Crippen LogP contribution in [0.4, 0.5) is 0 Å². The zero-order valence-electron chi connectivity index (χ0n) is 9.46. The lowest BCUT2D eigenvalue weighted by Gasteiger charge is -2.11. The topological polar surface area (TPSA) is 29.5 Å². The van der Waals surface area contributed by atoms with Crippen LogP contribution in [0.15, 0.2) is 11.1 Å². The summed E-state index contributed by atoms with van der Waals surface area (Å²) in [5, 5.41) is 0. The molecule has 3 nitrogen and oxygen atoms in total. The standard InChI is InChI=1S/C11H19NO2/c1-5-14-11(13)9(3)10-6-8(2)12(4)7-10/h8H,5-7H2,1-4H3. The minimum atomic E-state index is -0.162. The van der Waals surface area contributed by atoms with Crippen LogP contribution in [-0.2, 0) is 9.53 Å². The van der Waals surface area contributed by atoms with Crippen molar-refractivity contribution in [1.29, 1.82) is 0 Å². The Labute approximate surface area is 85.7 Å². The highest BCUT2D eigenvalue weighted by molar-refractivity contribution is 5.88. The quantitative estimate of drug-likeness (QED) is 0.497. The summed E-state index contributed by atoms with van der Waals surface area (Å²) in [6.07, 6.45) is 0.987. The van der Waals surface area contributed by atoms with E-state index in [2.05, 4.69) is 18.9 Å². The number of nitrogens with zero attached hydrogens (tertiary/aromatic N) is 1. The molecule has 1 heterocycles. The first-order valence-corrected chi connectivity index (χ1v) is 5.12. The van der Waals surface area contributed by atoms with E-state index in [1.54, 1.807) is 0 Å². The predicted molar refractivity (Wildman–Crippen MR) is 56.0 cm³/mol. The largest absolute Gasteiger partial charge is 0.463 e. The lowest BCUT2D eigenvalue weighted by atomic mass is 10.1. The highest BCUT2D eigenvalue weighted by Crippen LogP contribution is 2.23. The van der Waals surface area contributed by atoms with E-state index in [1.807, 2.05) is 13.8 Å². The van der Waals surface area contributed by atoms with E-state index in [0.29, 0.717) is 12.6 Å². The van der Waals surface area contributed by atoms with E-state index in [9.17, 15) is 4.79 Å². The van der Waals surface area contributed by atoms with Crippen molar-refractivity contribution in [2.24, 2.45) is 0 Å². The number of likely N-dealkylation sites (N-methyl/N-ethyl adjacent to an activating group) is 1. The van der Waals surface area contributed by atoms with Crippen molar-refractivity contribution in [2.45, 2.75) is 33.2 Å². The second-order valence-electron chi connectivity index (χ2n) is 3.92. The van der Waals surface area contributed by atoms with Crippen molar-refractivity contribution in [3.8, 4) is 0 Å². The van der Waals surface area contributed by atoms with Crippen LogP contribution in [0.2, 0.25) is 0 Å². The molecular weight excluding hydrogens is 178 g/mol. The van der Waals surface area contributed by atoms with Crippen molar-refractivity contribution in [2.75, 3.05) is 20.2 Å². The molecule has 1 fully saturated rings. The molecule has 1 rings (SSSR count). The average Bonchev–Trinajstić information content (AvgIpc) is 2.46. The summed E-state index contributed by atoms with van der Waals surface area (Å²) < 4.78 is 4.97. The molecule has 0 N–H and O–H groups in total. The summed E-state index contributed by atoms with van der Waals surface area (Å²) in [7, 11) is 2.08. The van der Waals surface area contributed by atoms with Crippen LogP contribution < -0.4 is 0 Å². The molecule has 0 saturated carbocycles. The molecule has 1 unspecified atom stereocenters. The van der Waals surface area contributed by atoms with Gasteiger partial charge in [0.15, 0.2) is 0 Å². The monoisotopic (exact) mass is 197 g/mol. The van der Waals surface area contributed by atoms with E-state index in [0.717, 1.165) is 18.5 Å². The minimum absolute atomic E-state index is 0.162. The van der Waals surface area contributed by atoms with Crippen LogP contribution in [-0.4, -0.2) is 37.1 Å². The van der Waals surface area contributed by atoms with Gasteiger partial charge in [-0.25, -0.2) is 4.79 Å². The summed E-state index contributed by atoms with van der Waals surface area (Å²) in [6.45, 7) is 7.21. The first-order chi connectivity index (χ1) is 6.56. The Morgan fingerprint density at radius 1 is 1.64 bits per heavy atom. The maximum atomic E-state index is 11.4. The molecule has 0 aromatic heterocycles. The van der Waals surface area contributed by atoms with Gasteiger partial charge in [-0.3, -0.25) is 4.90 Å². The van der Waals surface area contributed by atoms with Crippen molar-refractivity contribution < 1.29 is 9.53 Å². The van der Waals surface area contributed by atoms with Gasteiger partial charge in [0.2, 0.25) is 0 Å². The van der Waals surface area contributed by atoms with Crippen molar-refractivity contribution >= 4 is 5.97 Å². The van der Waals surface area contributed by atoms with Crippen LogP contribution in [0.3, 0.4) is 0 Å². The molecule has 0 bridgehead atoms. The first-order valence-electron chi connectivity index (χ1n) is 5.12. The Bertz CT molecular complexity index is 246. The Hall–Kier alpha value is -0.830. The van der Waals surface area contributed by atoms with Crippen LogP contribution >= 0.6 is 0 Å². The van der Waals surface area contributed by atoms with Gasteiger partial charge in [-0.1, -0.05) is 0 Å². The molecule has 1 atom stereocenters. The van der Waals surface area contributed by atoms with Gasteiger partial charge in [0, 0.05) is 18.2 Å². The third kappa shape index (κ3) is 2.35. The summed E-state index contributed by atoms with van der Waals surface area (Å²) >= 11 is 0. The van der Waals surface area contributed by atoms with Gasteiger partial charge in [-0.2, -0.15) is 0 Å². The zero-order valence-corrected chi connectivity index (χ0v) is 9.46. The predicted octanol–water partition coefficient (Wildman–Crippen LogP) is 1.59. The lowest BCUT2D eigenvalue weighted by Crippen LogP contribution is -2.21. The molecule has 0 amide bonds. The molecule has 0 aliphatic carbocycles. The second kappa shape index (κ2) is 4.60. The summed E-state index contributed by atoms with van der Waals surface area (Å²) in [4.78, 5) is 13.7. The number of hydrogen-bond acceptors (Lipinski definition) is 3. The number of esters is 1. The first kappa shape index (κ1) is 11.2. The number of likely N-dealkylation sites (tertiary alicyclic amines) is 1. The van der Waals surface area contributed by atoms with Gasteiger partial charge < -0.3 is 4.74 Å². The normalized spacial score (nSPS) is 26.4. The SMILES string of the molecule is CCOC(=O)C(C)=C1CC(C)N(C)C1. The van der Waals surface area contributed by atoms with Gasteiger partial charge >= 0.3 is 5.97 Å². The zero-order chi connectivity index (χ0) is 10.7. The molecule has 1 aliphatic heterocycles. The highest BCUT2D eigenvalue weighted by Gasteiger charge is 2.24. The Morgan fingerprint density at radius 2 is 2.29 bits per heavy atom. The van der Waals surface area contributed by atoms with Crippen LogP contribution in [0.5, 0.6) is 0 Å². The van der Waals surface area contributed by atoms with Crippen molar-refractivity contribution in [3.63, 3.8) is 0 Å². The fourth-order valence-corrected chi connectivity index (χ4v) is 1.69. The van der Waals surface area contributed by atoms with Crippen LogP contribution in [0, 0.1) is 0 Å². The van der Waals surface area contributed by atoms with Gasteiger partial charge in [0.1, 0.15) is 0 Å². The molecule has 0 aromatic carbocycles. The maximum Gasteiger partial charge on any atom is 0.333 e. The lowest BCUT2D eigenvalue weighted by molar-refractivity contribution is -0.138. The maximum absolute atomic E-state index is 11.4. The Balaban J connectivity index is 2.70. The van der Waals surface area contributed by atoms with Gasteiger partial charge in [-0.05, 0) is 39.8 Å². The van der Waals surface area contributed by atoms with E-state index < -0.39 is 0 Å². The van der Waals surface area contributed by atoms with E-state index in [4.69, 9.17) is 4.74 Å². The number of carbonyl (C=O) groups excluding carboxylic acids is 1. The highest BCUT2D eigenvalue weighted by atomic mass is 16.5. The third-order valence-corrected chi connectivity index (χ3v) is 2.85. The summed E-state index contributed by atoms with van der Waals surface area (Å²) in [5.74, 6) is -0.162. The van der Waals surface area contributed by atoms with Gasteiger partial charge in [0.05, 0.1) is 6.61 Å². The van der Waals surface area contributed by atoms with Crippen LogP contribution in [0.1, 0.15) is 27.2 Å². The Morgan fingerprint density at radius 3 is 2.71 bits per heavy atom. The molecule has 14 heavy (non-hydrogen) atoms. The fraction of sp³-hybridized carbons (Fsp3) is 0.727. The average molecular weight is 197 g/mol. The second-order valence-corrected chi connectivity index (χ2v) is 3.92. The molecule has 0 spiro atoms. The van der Waals surface area contributed by atoms with E-state index in [-0.39, 0.29) is 5.97 Å². The van der Waals surface area contributed by atoms with Crippen molar-refractivity contribution in [3.05, 3.63) is 11.1 Å². The molecule has 80 valence electrons. The number of carbonyl (C=O) groups is 1. The molecule has 1 saturated heterocycles. The van der Waals surface area contributed by atoms with Gasteiger partial charge in [-0.15, -0.1) is 0 Å².